The Labute approximate surface area is 413 Å². The van der Waals surface area contributed by atoms with Crippen LogP contribution in [0.15, 0.2) is 80.2 Å². The number of likely N-dealkylation sites (N-methyl/N-ethyl adjacent to an activating group) is 1. The molecule has 2 aliphatic rings. The molecular formula is C47H57N9O8S4. The van der Waals surface area contributed by atoms with E-state index < -0.39 is 0 Å². The Kier molecular flexibility index (Phi) is 18.2. The Bertz CT molecular complexity index is 2550. The largest absolute Gasteiger partial charge is 0.496 e. The minimum Gasteiger partial charge on any atom is -0.496 e. The quantitative estimate of drug-likeness (QED) is 0.108. The molecule has 0 spiro atoms. The molecule has 2 N–H and O–H groups in total. The summed E-state index contributed by atoms with van der Waals surface area (Å²) in [5.41, 5.74) is 2.47. The molecule has 2 aromatic carbocycles. The van der Waals surface area contributed by atoms with E-state index >= 15 is 0 Å². The number of amides is 6. The second-order valence-electron chi connectivity index (χ2n) is 16.4. The van der Waals surface area contributed by atoms with Gasteiger partial charge in [-0.05, 0) is 74.4 Å². The first kappa shape index (κ1) is 51.6. The summed E-state index contributed by atoms with van der Waals surface area (Å²) in [4.78, 5) is 97.7. The van der Waals surface area contributed by atoms with Crippen LogP contribution in [0.25, 0.3) is 0 Å². The number of rotatable bonds is 17. The van der Waals surface area contributed by atoms with Gasteiger partial charge >= 0.3 is 0 Å². The number of nitrogens with one attached hydrogen (secondary N) is 2. The number of ether oxygens (including phenoxy) is 2. The lowest BCUT2D eigenvalue weighted by Gasteiger charge is -2.24. The summed E-state index contributed by atoms with van der Waals surface area (Å²) in [6.07, 6.45) is 7.19. The van der Waals surface area contributed by atoms with Crippen LogP contribution in [0.5, 0.6) is 11.5 Å². The maximum atomic E-state index is 14.2. The molecule has 6 rings (SSSR count). The first-order valence-corrected chi connectivity index (χ1v) is 25.2. The van der Waals surface area contributed by atoms with Gasteiger partial charge in [0, 0.05) is 74.6 Å². The van der Waals surface area contributed by atoms with Gasteiger partial charge < -0.3 is 39.7 Å². The van der Waals surface area contributed by atoms with Crippen LogP contribution in [0.1, 0.15) is 58.5 Å². The highest BCUT2D eigenvalue weighted by atomic mass is 32.2. The monoisotopic (exact) mass is 1000 g/mol. The lowest BCUT2D eigenvalue weighted by Crippen LogP contribution is -2.37. The van der Waals surface area contributed by atoms with Crippen LogP contribution in [0, 0.1) is 12.8 Å². The number of hydrogen-bond acceptors (Lipinski definition) is 15. The van der Waals surface area contributed by atoms with Crippen molar-refractivity contribution in [2.75, 3.05) is 90.8 Å². The van der Waals surface area contributed by atoms with E-state index in [1.54, 1.807) is 51.9 Å². The topological polar surface area (TPSA) is 187 Å². The molecule has 21 heteroatoms. The molecule has 2 aliphatic heterocycles. The summed E-state index contributed by atoms with van der Waals surface area (Å²) in [6, 6.07) is 7.28. The fourth-order valence-corrected chi connectivity index (χ4v) is 11.4. The Morgan fingerprint density at radius 2 is 1.19 bits per heavy atom. The number of aromatic nitrogens is 2. The van der Waals surface area contributed by atoms with Crippen LogP contribution in [-0.2, 0) is 25.7 Å². The van der Waals surface area contributed by atoms with Crippen molar-refractivity contribution in [3.05, 3.63) is 84.2 Å². The van der Waals surface area contributed by atoms with Gasteiger partial charge in [-0.25, -0.2) is 9.97 Å². The number of carbonyl (C=O) groups excluding carboxylic acids is 6. The minimum atomic E-state index is -0.288. The van der Waals surface area contributed by atoms with E-state index in [0.29, 0.717) is 105 Å². The van der Waals surface area contributed by atoms with Crippen molar-refractivity contribution in [1.29, 1.82) is 0 Å². The van der Waals surface area contributed by atoms with Gasteiger partial charge in [-0.3, -0.25) is 33.7 Å². The van der Waals surface area contributed by atoms with E-state index in [1.165, 1.54) is 72.6 Å². The number of carbonyl (C=O) groups is 6. The molecule has 0 bridgehead atoms. The van der Waals surface area contributed by atoms with Crippen LogP contribution < -0.4 is 20.1 Å². The van der Waals surface area contributed by atoms with Crippen LogP contribution in [0.3, 0.4) is 0 Å². The Morgan fingerprint density at radius 3 is 1.71 bits per heavy atom. The molecule has 0 atom stereocenters. The van der Waals surface area contributed by atoms with Crippen molar-refractivity contribution in [1.82, 2.24) is 34.5 Å². The predicted octanol–water partition coefficient (Wildman–Crippen LogP) is 6.61. The van der Waals surface area contributed by atoms with Gasteiger partial charge in [0.15, 0.2) is 10.3 Å². The van der Waals surface area contributed by atoms with Crippen molar-refractivity contribution in [3.63, 3.8) is 0 Å². The van der Waals surface area contributed by atoms with Gasteiger partial charge in [-0.15, -0.1) is 0 Å². The number of hydrogen-bond donors (Lipinski definition) is 2. The van der Waals surface area contributed by atoms with Crippen LogP contribution in [0.4, 0.5) is 10.3 Å². The van der Waals surface area contributed by atoms with E-state index in [-0.39, 0.29) is 47.9 Å². The van der Waals surface area contributed by atoms with E-state index in [0.717, 1.165) is 29.3 Å². The number of benzene rings is 2. The van der Waals surface area contributed by atoms with Crippen molar-refractivity contribution >= 4 is 91.9 Å². The number of thiazole rings is 2. The van der Waals surface area contributed by atoms with Crippen molar-refractivity contribution in [2.24, 2.45) is 5.92 Å². The maximum absolute atomic E-state index is 14.2. The normalized spacial score (nSPS) is 14.3. The van der Waals surface area contributed by atoms with Gasteiger partial charge in [-0.2, -0.15) is 0 Å². The molecule has 0 aliphatic carbocycles. The van der Waals surface area contributed by atoms with Crippen molar-refractivity contribution in [2.45, 2.75) is 58.4 Å². The van der Waals surface area contributed by atoms with E-state index in [2.05, 4.69) is 33.8 Å². The standard InChI is InChI=1S/C47H57N9O8S4/c1-9-39(58)53-13-11-15-55(19-17-53)44(61)32-23-36(30(5)21-34(32)63-7)65-41-25-48-46(67-41)50-38(57)28-52(6)27-31-22-35(64-8)33(45(62)56-16-12-14-54(18-20-56)40(59)10-2)24-37(31)66-42-26-49-47(68-42)51-43(60)29(3)4/h9-10,21-26,29H,1-2,11-20,27-28H2,3-8H3,(H,48,50,57)(H,49,51,60). The number of methoxy groups -OCH3 is 2. The van der Waals surface area contributed by atoms with E-state index in [4.69, 9.17) is 9.47 Å². The van der Waals surface area contributed by atoms with Crippen molar-refractivity contribution in [3.8, 4) is 11.5 Å². The molecule has 2 aromatic heterocycles. The average molecular weight is 1000 g/mol. The Balaban J connectivity index is 1.15. The molecule has 0 saturated carbocycles. The van der Waals surface area contributed by atoms with Crippen LogP contribution >= 0.6 is 46.2 Å². The number of anilines is 2. The molecule has 2 saturated heterocycles. The summed E-state index contributed by atoms with van der Waals surface area (Å²) in [7, 11) is 4.86. The highest BCUT2D eigenvalue weighted by Gasteiger charge is 2.28. The smallest absolute Gasteiger partial charge is 0.257 e. The third-order valence-electron chi connectivity index (χ3n) is 11.1. The number of aryl methyl sites for hydroxylation is 1. The zero-order valence-electron chi connectivity index (χ0n) is 39.1. The van der Waals surface area contributed by atoms with Crippen LogP contribution in [-0.4, -0.2) is 150 Å². The Hall–Kier alpha value is -5.74. The highest BCUT2D eigenvalue weighted by Crippen LogP contribution is 2.41. The number of nitrogens with zero attached hydrogens (tertiary/aromatic N) is 7. The predicted molar refractivity (Wildman–Crippen MR) is 266 cm³/mol. The molecule has 4 aromatic rings. The summed E-state index contributed by atoms with van der Waals surface area (Å²) >= 11 is 5.45. The third-order valence-corrected chi connectivity index (χ3v) is 15.4. The molecular weight excluding hydrogens is 947 g/mol. The SMILES string of the molecule is C=CC(=O)N1CCCN(C(=O)c2cc(Sc3cnc(NC(=O)CN(C)Cc4cc(OC)c(C(=O)N5CCCN(C(=O)C=C)CC5)cc4Sc4cnc(NC(=O)C(C)C)s4)s3)c(C)cc2OC)CC1. The van der Waals surface area contributed by atoms with Gasteiger partial charge in [0.2, 0.25) is 23.6 Å². The maximum Gasteiger partial charge on any atom is 0.257 e. The fourth-order valence-electron chi connectivity index (χ4n) is 7.49. The second-order valence-corrected chi connectivity index (χ2v) is 21.1. The molecule has 0 radical (unpaired) electrons. The molecule has 0 unspecified atom stereocenters. The average Bonchev–Trinajstić information content (AvgIpc) is 3.77. The van der Waals surface area contributed by atoms with Gasteiger partial charge in [0.25, 0.3) is 11.8 Å². The van der Waals surface area contributed by atoms with Gasteiger partial charge in [0.1, 0.15) is 11.5 Å². The first-order chi connectivity index (χ1) is 32.6. The zero-order valence-corrected chi connectivity index (χ0v) is 42.4. The van der Waals surface area contributed by atoms with Crippen LogP contribution in [0.2, 0.25) is 0 Å². The molecule has 2 fully saturated rings. The zero-order chi connectivity index (χ0) is 49.1. The molecule has 6 amide bonds. The Morgan fingerprint density at radius 1 is 0.721 bits per heavy atom. The fraction of sp³-hybridized carbons (Fsp3) is 0.404. The summed E-state index contributed by atoms with van der Waals surface area (Å²) in [6.45, 7) is 16.6. The molecule has 17 nitrogen and oxygen atoms in total. The lowest BCUT2D eigenvalue weighted by molar-refractivity contribution is -0.126. The van der Waals surface area contributed by atoms with E-state index in [1.807, 2.05) is 37.1 Å². The van der Waals surface area contributed by atoms with Gasteiger partial charge in [-0.1, -0.05) is 73.2 Å². The lowest BCUT2D eigenvalue weighted by atomic mass is 10.1. The first-order valence-electron chi connectivity index (χ1n) is 22.0. The third kappa shape index (κ3) is 13.3. The highest BCUT2D eigenvalue weighted by molar-refractivity contribution is 8.01. The summed E-state index contributed by atoms with van der Waals surface area (Å²) in [5.74, 6) is -0.563. The molecule has 362 valence electrons. The summed E-state index contributed by atoms with van der Waals surface area (Å²) in [5, 5.41) is 6.63. The van der Waals surface area contributed by atoms with E-state index in [9.17, 15) is 28.8 Å². The molecule has 68 heavy (non-hydrogen) atoms. The second kappa shape index (κ2) is 24.0. The van der Waals surface area contributed by atoms with Crippen molar-refractivity contribution < 1.29 is 38.2 Å². The summed E-state index contributed by atoms with van der Waals surface area (Å²) < 4.78 is 13.0. The molecule has 4 heterocycles. The van der Waals surface area contributed by atoms with Gasteiger partial charge in [0.05, 0.1) is 52.7 Å². The minimum absolute atomic E-state index is 0.00781.